The Labute approximate surface area is 70.0 Å². The molecule has 0 nitrogen and oxygen atoms in total. The Kier molecular flexibility index (Phi) is 2.22. The van der Waals surface area contributed by atoms with Crippen molar-refractivity contribution in [2.24, 2.45) is 11.3 Å². The minimum absolute atomic E-state index is 0.323. The molecule has 0 atom stereocenters. The van der Waals surface area contributed by atoms with Gasteiger partial charge in [0.1, 0.15) is 0 Å². The topological polar surface area (TPSA) is 0 Å². The molecule has 0 spiro atoms. The van der Waals surface area contributed by atoms with E-state index in [1.165, 1.54) is 5.92 Å². The fourth-order valence-electron chi connectivity index (χ4n) is 1.25. The lowest BCUT2D eigenvalue weighted by Gasteiger charge is -2.33. The molecule has 0 saturated heterocycles. The van der Waals surface area contributed by atoms with E-state index in [0.29, 0.717) is 11.3 Å². The molecule has 61 valence electrons. The fraction of sp³-hybridized carbons (Fsp3) is 0.545. The Morgan fingerprint density at radius 2 is 1.55 bits per heavy atom. The van der Waals surface area contributed by atoms with E-state index in [1.54, 1.807) is 0 Å². The van der Waals surface area contributed by atoms with E-state index in [2.05, 4.69) is 52.0 Å². The highest BCUT2D eigenvalue weighted by molar-refractivity contribution is 5.23. The lowest BCUT2D eigenvalue weighted by molar-refractivity contribution is 0.328. The van der Waals surface area contributed by atoms with E-state index in [9.17, 15) is 0 Å². The van der Waals surface area contributed by atoms with Crippen LogP contribution in [0.5, 0.6) is 0 Å². The van der Waals surface area contributed by atoms with Gasteiger partial charge in [0.05, 0.1) is 0 Å². The first-order valence-electron chi connectivity index (χ1n) is 4.21. The molecule has 0 aliphatic heterocycles. The van der Waals surface area contributed by atoms with Crippen molar-refractivity contribution in [1.29, 1.82) is 0 Å². The molecule has 0 N–H and O–H groups in total. The first-order chi connectivity index (χ1) is 5.05. The average Bonchev–Trinajstić information content (AvgIpc) is 2.37. The van der Waals surface area contributed by atoms with Gasteiger partial charge in [0, 0.05) is 5.92 Å². The molecule has 11 heavy (non-hydrogen) atoms. The molecule has 1 aliphatic carbocycles. The molecule has 0 amide bonds. The maximum absolute atomic E-state index is 2.30. The Morgan fingerprint density at radius 1 is 1.09 bits per heavy atom. The zero-order valence-corrected chi connectivity index (χ0v) is 7.89. The highest BCUT2D eigenvalue weighted by atomic mass is 14.3. The van der Waals surface area contributed by atoms with E-state index in [4.69, 9.17) is 0 Å². The smallest absolute Gasteiger partial charge is 0.000930 e. The summed E-state index contributed by atoms with van der Waals surface area (Å²) >= 11 is 0. The highest BCUT2D eigenvalue weighted by Crippen LogP contribution is 2.39. The van der Waals surface area contributed by atoms with E-state index < -0.39 is 0 Å². The van der Waals surface area contributed by atoms with Crippen LogP contribution in [0.1, 0.15) is 27.7 Å². The number of allylic oxidation sites excluding steroid dienone is 4. The molecule has 0 fully saturated rings. The molecular formula is C11H17. The third kappa shape index (κ3) is 1.55. The van der Waals surface area contributed by atoms with Crippen molar-refractivity contribution < 1.29 is 0 Å². The van der Waals surface area contributed by atoms with Crippen molar-refractivity contribution >= 4 is 0 Å². The van der Waals surface area contributed by atoms with Crippen LogP contribution in [0.2, 0.25) is 0 Å². The summed E-state index contributed by atoms with van der Waals surface area (Å²) in [7, 11) is 0. The van der Waals surface area contributed by atoms with Gasteiger partial charge >= 0.3 is 0 Å². The summed E-state index contributed by atoms with van der Waals surface area (Å²) in [5.74, 6) is 2.10. The quantitative estimate of drug-likeness (QED) is 0.564. The third-order valence-electron chi connectivity index (χ3n) is 2.87. The van der Waals surface area contributed by atoms with Crippen LogP contribution in [0.15, 0.2) is 24.3 Å². The van der Waals surface area contributed by atoms with Gasteiger partial charge in [-0.15, -0.1) is 0 Å². The first-order valence-corrected chi connectivity index (χ1v) is 4.21. The second-order valence-electron chi connectivity index (χ2n) is 4.02. The van der Waals surface area contributed by atoms with Crippen molar-refractivity contribution in [3.05, 3.63) is 30.2 Å². The monoisotopic (exact) mass is 149 g/mol. The lowest BCUT2D eigenvalue weighted by atomic mass is 9.71. The number of hydrogen-bond donors (Lipinski definition) is 0. The predicted octanol–water partition coefficient (Wildman–Crippen LogP) is 3.37. The molecule has 0 bridgehead atoms. The number of rotatable bonds is 2. The van der Waals surface area contributed by atoms with Gasteiger partial charge in [0.15, 0.2) is 0 Å². The summed E-state index contributed by atoms with van der Waals surface area (Å²) in [5, 5.41) is 0. The molecule has 0 heteroatoms. The predicted molar refractivity (Wildman–Crippen MR) is 50.1 cm³/mol. The van der Waals surface area contributed by atoms with Crippen molar-refractivity contribution in [1.82, 2.24) is 0 Å². The van der Waals surface area contributed by atoms with Gasteiger partial charge in [-0.25, -0.2) is 0 Å². The Morgan fingerprint density at radius 3 is 1.91 bits per heavy atom. The number of hydrogen-bond acceptors (Lipinski definition) is 0. The zero-order chi connectivity index (χ0) is 8.48. The summed E-state index contributed by atoms with van der Waals surface area (Å²) < 4.78 is 0. The van der Waals surface area contributed by atoms with Gasteiger partial charge in [-0.3, -0.25) is 0 Å². The lowest BCUT2D eigenvalue weighted by Crippen LogP contribution is -2.24. The maximum atomic E-state index is 2.30. The minimum atomic E-state index is 0.323. The summed E-state index contributed by atoms with van der Waals surface area (Å²) in [6.07, 6.45) is 8.81. The Hall–Kier alpha value is -0.520. The van der Waals surface area contributed by atoms with Crippen LogP contribution in [-0.2, 0) is 0 Å². The minimum Gasteiger partial charge on any atom is -0.0771 e. The van der Waals surface area contributed by atoms with Crippen molar-refractivity contribution in [3.63, 3.8) is 0 Å². The van der Waals surface area contributed by atoms with E-state index in [0.717, 1.165) is 0 Å². The van der Waals surface area contributed by atoms with Gasteiger partial charge in [0.2, 0.25) is 0 Å². The third-order valence-corrected chi connectivity index (χ3v) is 2.87. The molecule has 0 saturated carbocycles. The average molecular weight is 149 g/mol. The van der Waals surface area contributed by atoms with Crippen LogP contribution >= 0.6 is 0 Å². The second-order valence-corrected chi connectivity index (χ2v) is 4.02. The van der Waals surface area contributed by atoms with E-state index in [-0.39, 0.29) is 0 Å². The summed E-state index contributed by atoms with van der Waals surface area (Å²) in [6.45, 7) is 9.01. The van der Waals surface area contributed by atoms with Gasteiger partial charge in [0.25, 0.3) is 0 Å². The Bertz CT molecular complexity index is 170. The van der Waals surface area contributed by atoms with Crippen LogP contribution in [0.3, 0.4) is 0 Å². The van der Waals surface area contributed by atoms with Crippen LogP contribution in [0, 0.1) is 17.3 Å². The molecule has 0 unspecified atom stereocenters. The van der Waals surface area contributed by atoms with Gasteiger partial charge < -0.3 is 0 Å². The zero-order valence-electron chi connectivity index (χ0n) is 7.89. The van der Waals surface area contributed by atoms with Crippen molar-refractivity contribution in [3.8, 4) is 0 Å². The van der Waals surface area contributed by atoms with Crippen molar-refractivity contribution in [2.75, 3.05) is 0 Å². The van der Waals surface area contributed by atoms with Crippen molar-refractivity contribution in [2.45, 2.75) is 27.7 Å². The standard InChI is InChI=1S/C11H17/c1-9(2)11(3,4)10-7-5-6-8-10/h5-8,10H,1-4H3. The molecule has 0 aromatic rings. The molecule has 1 rings (SSSR count). The van der Waals surface area contributed by atoms with Crippen LogP contribution < -0.4 is 0 Å². The largest absolute Gasteiger partial charge is 0.0771 e. The van der Waals surface area contributed by atoms with E-state index in [1.807, 2.05) is 0 Å². The SMILES string of the molecule is C[C](C)C(C)(C)C1C=CC=C1. The molecule has 0 aromatic heterocycles. The van der Waals surface area contributed by atoms with Crippen LogP contribution in [0.25, 0.3) is 0 Å². The summed E-state index contributed by atoms with van der Waals surface area (Å²) in [5.41, 5.74) is 0.323. The second kappa shape index (κ2) is 2.84. The van der Waals surface area contributed by atoms with Gasteiger partial charge in [-0.2, -0.15) is 0 Å². The first kappa shape index (κ1) is 8.58. The normalized spacial score (nSPS) is 18.6. The fourth-order valence-corrected chi connectivity index (χ4v) is 1.25. The van der Waals surface area contributed by atoms with E-state index >= 15 is 0 Å². The molecule has 0 heterocycles. The molecule has 1 aliphatic rings. The maximum Gasteiger partial charge on any atom is 0.000930 e. The van der Waals surface area contributed by atoms with Gasteiger partial charge in [-0.05, 0) is 11.3 Å². The summed E-state index contributed by atoms with van der Waals surface area (Å²) in [4.78, 5) is 0. The highest BCUT2D eigenvalue weighted by Gasteiger charge is 2.30. The Balaban J connectivity index is 2.72. The molecular weight excluding hydrogens is 132 g/mol. The van der Waals surface area contributed by atoms with Crippen LogP contribution in [0.4, 0.5) is 0 Å². The molecule has 0 aromatic carbocycles. The summed E-state index contributed by atoms with van der Waals surface area (Å²) in [6, 6.07) is 0. The molecule has 1 radical (unpaired) electrons. The van der Waals surface area contributed by atoms with Crippen LogP contribution in [-0.4, -0.2) is 0 Å². The van der Waals surface area contributed by atoms with Gasteiger partial charge in [-0.1, -0.05) is 52.0 Å².